The van der Waals surface area contributed by atoms with Crippen LogP contribution in [0.25, 0.3) is 0 Å². The predicted octanol–water partition coefficient (Wildman–Crippen LogP) is 3.35. The van der Waals surface area contributed by atoms with E-state index in [1.165, 1.54) is 19.3 Å². The van der Waals surface area contributed by atoms with E-state index < -0.39 is 0 Å². The molecule has 0 saturated heterocycles. The van der Waals surface area contributed by atoms with Gasteiger partial charge in [0.2, 0.25) is 5.88 Å². The summed E-state index contributed by atoms with van der Waals surface area (Å²) in [4.78, 5) is 9.03. The minimum atomic E-state index is 0.303. The van der Waals surface area contributed by atoms with Crippen LogP contribution in [-0.4, -0.2) is 23.1 Å². The lowest BCUT2D eigenvalue weighted by atomic mass is 9.88. The molecule has 4 nitrogen and oxygen atoms in total. The molecule has 1 aliphatic rings. The summed E-state index contributed by atoms with van der Waals surface area (Å²) in [5, 5.41) is 3.13. The Morgan fingerprint density at radius 3 is 2.63 bits per heavy atom. The molecule has 0 aliphatic heterocycles. The molecule has 2 unspecified atom stereocenters. The van der Waals surface area contributed by atoms with E-state index in [9.17, 15) is 0 Å². The molecule has 0 radical (unpaired) electrons. The lowest BCUT2D eigenvalue weighted by Gasteiger charge is -2.29. The topological polar surface area (TPSA) is 47.0 Å². The molecule has 1 aromatic rings. The van der Waals surface area contributed by atoms with E-state index in [4.69, 9.17) is 4.74 Å². The number of hydrogen-bond acceptors (Lipinski definition) is 4. The zero-order valence-corrected chi connectivity index (χ0v) is 12.5. The largest absolute Gasteiger partial charge is 0.474 e. The third-order valence-corrected chi connectivity index (χ3v) is 4.00. The highest BCUT2D eigenvalue weighted by Crippen LogP contribution is 2.30. The fraction of sp³-hybridized carbons (Fsp3) is 0.733. The summed E-state index contributed by atoms with van der Waals surface area (Å²) in [5.74, 6) is 3.10. The molecule has 0 bridgehead atoms. The summed E-state index contributed by atoms with van der Waals surface area (Å²) in [7, 11) is 1.89. The summed E-state index contributed by atoms with van der Waals surface area (Å²) < 4.78 is 6.19. The van der Waals surface area contributed by atoms with Crippen molar-refractivity contribution in [3.8, 4) is 5.88 Å². The third kappa shape index (κ3) is 3.17. The zero-order valence-electron chi connectivity index (χ0n) is 12.5. The van der Waals surface area contributed by atoms with E-state index in [1.807, 2.05) is 14.0 Å². The second-order valence-electron chi connectivity index (χ2n) is 5.44. The van der Waals surface area contributed by atoms with E-state index in [-0.39, 0.29) is 0 Å². The van der Waals surface area contributed by atoms with Gasteiger partial charge in [0, 0.05) is 13.5 Å². The molecule has 0 amide bonds. The van der Waals surface area contributed by atoms with E-state index in [1.54, 1.807) is 0 Å². The smallest absolute Gasteiger partial charge is 0.222 e. The van der Waals surface area contributed by atoms with Crippen molar-refractivity contribution in [2.24, 2.45) is 5.92 Å². The Labute approximate surface area is 116 Å². The van der Waals surface area contributed by atoms with Crippen molar-refractivity contribution < 1.29 is 4.74 Å². The first kappa shape index (κ1) is 14.1. The monoisotopic (exact) mass is 263 g/mol. The standard InChI is InChI=1S/C15H25N3O/c1-5-13-17-14(16-4)11(3)15(18-13)19-12-9-7-6-8-10(12)2/h10,12H,5-9H2,1-4H3,(H,16,17,18). The minimum Gasteiger partial charge on any atom is -0.474 e. The Morgan fingerprint density at radius 2 is 2.00 bits per heavy atom. The van der Waals surface area contributed by atoms with E-state index in [0.29, 0.717) is 12.0 Å². The average molecular weight is 263 g/mol. The molecular formula is C15H25N3O. The maximum absolute atomic E-state index is 6.19. The van der Waals surface area contributed by atoms with Gasteiger partial charge in [-0.3, -0.25) is 0 Å². The molecule has 0 spiro atoms. The lowest BCUT2D eigenvalue weighted by molar-refractivity contribution is 0.0964. The van der Waals surface area contributed by atoms with Crippen molar-refractivity contribution in [1.82, 2.24) is 9.97 Å². The van der Waals surface area contributed by atoms with Crippen LogP contribution in [0.1, 0.15) is 50.9 Å². The molecule has 2 rings (SSSR count). The van der Waals surface area contributed by atoms with Crippen molar-refractivity contribution in [2.75, 3.05) is 12.4 Å². The van der Waals surface area contributed by atoms with Crippen molar-refractivity contribution in [3.05, 3.63) is 11.4 Å². The number of anilines is 1. The van der Waals surface area contributed by atoms with Crippen LogP contribution in [0.15, 0.2) is 0 Å². The van der Waals surface area contributed by atoms with Gasteiger partial charge < -0.3 is 10.1 Å². The van der Waals surface area contributed by atoms with Crippen LogP contribution in [0.5, 0.6) is 5.88 Å². The summed E-state index contributed by atoms with van der Waals surface area (Å²) in [6.45, 7) is 6.37. The Bertz CT molecular complexity index is 434. The van der Waals surface area contributed by atoms with Gasteiger partial charge in [-0.2, -0.15) is 4.98 Å². The highest BCUT2D eigenvalue weighted by molar-refractivity contribution is 5.48. The Hall–Kier alpha value is -1.32. The van der Waals surface area contributed by atoms with Gasteiger partial charge in [0.1, 0.15) is 17.7 Å². The number of aryl methyl sites for hydroxylation is 1. The molecule has 1 heterocycles. The van der Waals surface area contributed by atoms with Gasteiger partial charge >= 0.3 is 0 Å². The van der Waals surface area contributed by atoms with Crippen LogP contribution in [-0.2, 0) is 6.42 Å². The normalized spacial score (nSPS) is 23.2. The first-order valence-corrected chi connectivity index (χ1v) is 7.37. The first-order chi connectivity index (χ1) is 9.15. The number of rotatable bonds is 4. The lowest BCUT2D eigenvalue weighted by Crippen LogP contribution is -2.29. The number of nitrogens with one attached hydrogen (secondary N) is 1. The van der Waals surface area contributed by atoms with Crippen molar-refractivity contribution in [2.45, 2.75) is 59.0 Å². The molecule has 0 aromatic carbocycles. The van der Waals surface area contributed by atoms with Gasteiger partial charge in [0.25, 0.3) is 0 Å². The van der Waals surface area contributed by atoms with Crippen LogP contribution in [0, 0.1) is 12.8 Å². The van der Waals surface area contributed by atoms with E-state index in [2.05, 4.69) is 29.1 Å². The predicted molar refractivity (Wildman–Crippen MR) is 77.7 cm³/mol. The van der Waals surface area contributed by atoms with E-state index in [0.717, 1.165) is 35.9 Å². The molecule has 106 valence electrons. The number of aromatic nitrogens is 2. The average Bonchev–Trinajstić information content (AvgIpc) is 2.43. The highest BCUT2D eigenvalue weighted by atomic mass is 16.5. The maximum Gasteiger partial charge on any atom is 0.222 e. The van der Waals surface area contributed by atoms with Gasteiger partial charge in [0.05, 0.1) is 5.56 Å². The van der Waals surface area contributed by atoms with Crippen LogP contribution >= 0.6 is 0 Å². The molecule has 1 saturated carbocycles. The summed E-state index contributed by atoms with van der Waals surface area (Å²) >= 11 is 0. The maximum atomic E-state index is 6.19. The van der Waals surface area contributed by atoms with Crippen molar-refractivity contribution in [1.29, 1.82) is 0 Å². The number of hydrogen-bond donors (Lipinski definition) is 1. The number of nitrogens with zero attached hydrogens (tertiary/aromatic N) is 2. The second kappa shape index (κ2) is 6.22. The molecule has 4 heteroatoms. The molecular weight excluding hydrogens is 238 g/mol. The fourth-order valence-corrected chi connectivity index (χ4v) is 2.66. The highest BCUT2D eigenvalue weighted by Gasteiger charge is 2.24. The second-order valence-corrected chi connectivity index (χ2v) is 5.44. The third-order valence-electron chi connectivity index (χ3n) is 4.00. The first-order valence-electron chi connectivity index (χ1n) is 7.37. The van der Waals surface area contributed by atoms with Gasteiger partial charge in [-0.25, -0.2) is 4.98 Å². The Morgan fingerprint density at radius 1 is 1.26 bits per heavy atom. The summed E-state index contributed by atoms with van der Waals surface area (Å²) in [6.07, 6.45) is 6.11. The van der Waals surface area contributed by atoms with Crippen molar-refractivity contribution >= 4 is 5.82 Å². The van der Waals surface area contributed by atoms with Gasteiger partial charge in [-0.05, 0) is 32.1 Å². The molecule has 2 atom stereocenters. The van der Waals surface area contributed by atoms with Crippen LogP contribution in [0.4, 0.5) is 5.82 Å². The quantitative estimate of drug-likeness (QED) is 0.905. The molecule has 1 aliphatic carbocycles. The number of ether oxygens (including phenoxy) is 1. The minimum absolute atomic E-state index is 0.303. The van der Waals surface area contributed by atoms with Crippen molar-refractivity contribution in [3.63, 3.8) is 0 Å². The molecule has 1 fully saturated rings. The van der Waals surface area contributed by atoms with Gasteiger partial charge in [-0.1, -0.05) is 20.3 Å². The molecule has 19 heavy (non-hydrogen) atoms. The Balaban J connectivity index is 2.22. The summed E-state index contributed by atoms with van der Waals surface area (Å²) in [6, 6.07) is 0. The zero-order chi connectivity index (χ0) is 13.8. The van der Waals surface area contributed by atoms with Crippen LogP contribution < -0.4 is 10.1 Å². The molecule has 1 aromatic heterocycles. The van der Waals surface area contributed by atoms with E-state index >= 15 is 0 Å². The summed E-state index contributed by atoms with van der Waals surface area (Å²) in [5.41, 5.74) is 1.01. The molecule has 1 N–H and O–H groups in total. The van der Waals surface area contributed by atoms with Crippen LogP contribution in [0.2, 0.25) is 0 Å². The fourth-order valence-electron chi connectivity index (χ4n) is 2.66. The van der Waals surface area contributed by atoms with Gasteiger partial charge in [0.15, 0.2) is 0 Å². The Kier molecular flexibility index (Phi) is 4.61. The van der Waals surface area contributed by atoms with Crippen LogP contribution in [0.3, 0.4) is 0 Å². The van der Waals surface area contributed by atoms with Gasteiger partial charge in [-0.15, -0.1) is 0 Å². The SMILES string of the molecule is CCc1nc(NC)c(C)c(OC2CCCCC2C)n1.